The number of aryl methyl sites for hydroxylation is 2. The van der Waals surface area contributed by atoms with Gasteiger partial charge in [0.15, 0.2) is 0 Å². The molecule has 4 heterocycles. The molecule has 1 unspecified atom stereocenters. The average molecular weight is 369 g/mol. The zero-order valence-corrected chi connectivity index (χ0v) is 16.0. The van der Waals surface area contributed by atoms with Crippen molar-refractivity contribution in [3.05, 3.63) is 36.0 Å². The molecule has 1 N–H and O–H groups in total. The Balaban J connectivity index is 1.37. The quantitative estimate of drug-likeness (QED) is 0.895. The fraction of sp³-hybridized carbons (Fsp3) is 0.550. The monoisotopic (exact) mass is 369 g/mol. The number of aromatic nitrogens is 3. The standard InChI is InChI=1S/C20H27N5O2/c1-14-22-12-17-4-3-15(13-25(14)17)20(26)23-16-5-8-21-19(11-16)27-18-6-9-24(2)10-7-18/h5,8,11-12,15,18H,3-4,6-7,9-10,13H2,1-2H3,(H,21,23,26). The minimum Gasteiger partial charge on any atom is -0.474 e. The van der Waals surface area contributed by atoms with E-state index in [-0.39, 0.29) is 17.9 Å². The molecule has 2 aromatic rings. The third kappa shape index (κ3) is 4.13. The molecule has 144 valence electrons. The average Bonchev–Trinajstić information content (AvgIpc) is 3.04. The smallest absolute Gasteiger partial charge is 0.229 e. The SMILES string of the molecule is Cc1ncc2n1CC(C(=O)Nc1ccnc(OC3CCN(C)CC3)c1)CC2. The van der Waals surface area contributed by atoms with Gasteiger partial charge in [0.05, 0.1) is 5.92 Å². The van der Waals surface area contributed by atoms with Gasteiger partial charge in [-0.2, -0.15) is 0 Å². The highest BCUT2D eigenvalue weighted by atomic mass is 16.5. The van der Waals surface area contributed by atoms with Gasteiger partial charge in [-0.3, -0.25) is 4.79 Å². The molecule has 1 saturated heterocycles. The predicted octanol–water partition coefficient (Wildman–Crippen LogP) is 2.26. The van der Waals surface area contributed by atoms with Gasteiger partial charge in [-0.15, -0.1) is 0 Å². The van der Waals surface area contributed by atoms with Crippen molar-refractivity contribution in [1.82, 2.24) is 19.4 Å². The normalized spacial score (nSPS) is 20.9. The number of fused-ring (bicyclic) bond motifs is 1. The van der Waals surface area contributed by atoms with E-state index in [1.807, 2.05) is 25.3 Å². The summed E-state index contributed by atoms with van der Waals surface area (Å²) in [6.07, 6.45) is 7.55. The minimum atomic E-state index is -0.0446. The van der Waals surface area contributed by atoms with Gasteiger partial charge >= 0.3 is 0 Å². The molecule has 1 amide bonds. The molecular weight excluding hydrogens is 342 g/mol. The first-order valence-electron chi connectivity index (χ1n) is 9.71. The van der Waals surface area contributed by atoms with Crippen LogP contribution in [0.25, 0.3) is 0 Å². The number of rotatable bonds is 4. The number of anilines is 1. The Labute approximate surface area is 159 Å². The summed E-state index contributed by atoms with van der Waals surface area (Å²) in [5, 5.41) is 3.04. The molecule has 2 aliphatic rings. The summed E-state index contributed by atoms with van der Waals surface area (Å²) in [5.41, 5.74) is 1.96. The Hall–Kier alpha value is -2.41. The largest absolute Gasteiger partial charge is 0.474 e. The van der Waals surface area contributed by atoms with Crippen LogP contribution in [0.4, 0.5) is 5.69 Å². The predicted molar refractivity (Wildman–Crippen MR) is 103 cm³/mol. The zero-order valence-electron chi connectivity index (χ0n) is 16.0. The Morgan fingerprint density at radius 2 is 2.07 bits per heavy atom. The first kappa shape index (κ1) is 18.0. The molecule has 0 aromatic carbocycles. The van der Waals surface area contributed by atoms with E-state index in [2.05, 4.69) is 31.8 Å². The van der Waals surface area contributed by atoms with E-state index in [4.69, 9.17) is 4.74 Å². The topological polar surface area (TPSA) is 72.3 Å². The Morgan fingerprint density at radius 1 is 1.26 bits per heavy atom. The molecule has 2 aromatic heterocycles. The number of ether oxygens (including phenoxy) is 1. The van der Waals surface area contributed by atoms with Crippen LogP contribution >= 0.6 is 0 Å². The van der Waals surface area contributed by atoms with Crippen LogP contribution in [0.3, 0.4) is 0 Å². The molecule has 1 fully saturated rings. The minimum absolute atomic E-state index is 0.0446. The first-order valence-corrected chi connectivity index (χ1v) is 9.71. The van der Waals surface area contributed by atoms with Gasteiger partial charge in [0.1, 0.15) is 11.9 Å². The maximum Gasteiger partial charge on any atom is 0.229 e. The summed E-state index contributed by atoms with van der Waals surface area (Å²) in [4.78, 5) is 23.7. The van der Waals surface area contributed by atoms with Gasteiger partial charge in [0.2, 0.25) is 11.8 Å². The maximum atomic E-state index is 12.7. The second-order valence-corrected chi connectivity index (χ2v) is 7.64. The van der Waals surface area contributed by atoms with Crippen molar-refractivity contribution in [1.29, 1.82) is 0 Å². The molecule has 7 nitrogen and oxygen atoms in total. The summed E-state index contributed by atoms with van der Waals surface area (Å²) in [5.74, 6) is 1.56. The van der Waals surface area contributed by atoms with Crippen molar-refractivity contribution < 1.29 is 9.53 Å². The number of imidazole rings is 1. The van der Waals surface area contributed by atoms with Crippen molar-refractivity contribution in [2.75, 3.05) is 25.5 Å². The van der Waals surface area contributed by atoms with Crippen molar-refractivity contribution in [3.8, 4) is 5.88 Å². The molecule has 2 aliphatic heterocycles. The molecule has 0 spiro atoms. The number of nitrogens with zero attached hydrogens (tertiary/aromatic N) is 4. The molecule has 0 radical (unpaired) electrons. The van der Waals surface area contributed by atoms with E-state index in [0.29, 0.717) is 12.4 Å². The summed E-state index contributed by atoms with van der Waals surface area (Å²) in [6, 6.07) is 3.64. The fourth-order valence-corrected chi connectivity index (χ4v) is 3.88. The summed E-state index contributed by atoms with van der Waals surface area (Å²) in [6.45, 7) is 4.76. The third-order valence-corrected chi connectivity index (χ3v) is 5.62. The van der Waals surface area contributed by atoms with Crippen LogP contribution in [0.1, 0.15) is 30.8 Å². The molecule has 27 heavy (non-hydrogen) atoms. The van der Waals surface area contributed by atoms with Crippen molar-refractivity contribution in [2.24, 2.45) is 5.92 Å². The van der Waals surface area contributed by atoms with Crippen LogP contribution < -0.4 is 10.1 Å². The van der Waals surface area contributed by atoms with Gasteiger partial charge in [0, 0.05) is 49.5 Å². The maximum absolute atomic E-state index is 12.7. The van der Waals surface area contributed by atoms with Crippen molar-refractivity contribution in [3.63, 3.8) is 0 Å². The highest BCUT2D eigenvalue weighted by Crippen LogP contribution is 2.24. The highest BCUT2D eigenvalue weighted by molar-refractivity contribution is 5.92. The Morgan fingerprint density at radius 3 is 2.89 bits per heavy atom. The van der Waals surface area contributed by atoms with Crippen molar-refractivity contribution >= 4 is 11.6 Å². The first-order chi connectivity index (χ1) is 13.1. The van der Waals surface area contributed by atoms with E-state index >= 15 is 0 Å². The van der Waals surface area contributed by atoms with E-state index in [1.54, 1.807) is 6.20 Å². The van der Waals surface area contributed by atoms with Crippen LogP contribution in [0.5, 0.6) is 5.88 Å². The molecule has 1 atom stereocenters. The number of pyridine rings is 1. The molecular formula is C20H27N5O2. The summed E-state index contributed by atoms with van der Waals surface area (Å²) >= 11 is 0. The lowest BCUT2D eigenvalue weighted by Gasteiger charge is -2.29. The second-order valence-electron chi connectivity index (χ2n) is 7.64. The van der Waals surface area contributed by atoms with Gasteiger partial charge in [-0.25, -0.2) is 9.97 Å². The van der Waals surface area contributed by atoms with Crippen LogP contribution in [0, 0.1) is 12.8 Å². The molecule has 7 heteroatoms. The molecule has 0 bridgehead atoms. The highest BCUT2D eigenvalue weighted by Gasteiger charge is 2.26. The number of likely N-dealkylation sites (tertiary alicyclic amines) is 1. The number of piperidine rings is 1. The van der Waals surface area contributed by atoms with E-state index in [9.17, 15) is 4.79 Å². The van der Waals surface area contributed by atoms with Crippen molar-refractivity contribution in [2.45, 2.75) is 45.3 Å². The van der Waals surface area contributed by atoms with Gasteiger partial charge in [0.25, 0.3) is 0 Å². The van der Waals surface area contributed by atoms with Crippen LogP contribution in [-0.2, 0) is 17.8 Å². The van der Waals surface area contributed by atoms with Gasteiger partial charge < -0.3 is 19.5 Å². The van der Waals surface area contributed by atoms with E-state index in [0.717, 1.165) is 50.3 Å². The third-order valence-electron chi connectivity index (χ3n) is 5.62. The zero-order chi connectivity index (χ0) is 18.8. The molecule has 4 rings (SSSR count). The van der Waals surface area contributed by atoms with Gasteiger partial charge in [-0.05, 0) is 45.7 Å². The fourth-order valence-electron chi connectivity index (χ4n) is 3.88. The number of hydrogen-bond donors (Lipinski definition) is 1. The lowest BCUT2D eigenvalue weighted by molar-refractivity contribution is -0.120. The number of hydrogen-bond acceptors (Lipinski definition) is 5. The number of nitrogens with one attached hydrogen (secondary N) is 1. The number of carbonyl (C=O) groups is 1. The molecule has 0 aliphatic carbocycles. The van der Waals surface area contributed by atoms with Crippen LogP contribution in [0.15, 0.2) is 24.5 Å². The summed E-state index contributed by atoms with van der Waals surface area (Å²) in [7, 11) is 2.13. The Kier molecular flexibility index (Phi) is 5.11. The van der Waals surface area contributed by atoms with Gasteiger partial charge in [-0.1, -0.05) is 0 Å². The number of carbonyl (C=O) groups excluding carboxylic acids is 1. The second kappa shape index (κ2) is 7.68. The summed E-state index contributed by atoms with van der Waals surface area (Å²) < 4.78 is 8.17. The van der Waals surface area contributed by atoms with Crippen LogP contribution in [-0.4, -0.2) is 51.6 Å². The van der Waals surface area contributed by atoms with Crippen LogP contribution in [0.2, 0.25) is 0 Å². The lowest BCUT2D eigenvalue weighted by Crippen LogP contribution is -2.35. The van der Waals surface area contributed by atoms with E-state index in [1.165, 1.54) is 5.69 Å². The lowest BCUT2D eigenvalue weighted by atomic mass is 9.97. The molecule has 0 saturated carbocycles. The van der Waals surface area contributed by atoms with E-state index < -0.39 is 0 Å². The Bertz CT molecular complexity index is 810. The number of amides is 1.